The molecule has 0 spiro atoms. The first-order valence-electron chi connectivity index (χ1n) is 5.52. The minimum Gasteiger partial charge on any atom is -0.382 e. The lowest BCUT2D eigenvalue weighted by Crippen LogP contribution is -2.05. The summed E-state index contributed by atoms with van der Waals surface area (Å²) < 4.78 is 1.56. The zero-order valence-electron chi connectivity index (χ0n) is 9.22. The van der Waals surface area contributed by atoms with Crippen molar-refractivity contribution in [2.24, 2.45) is 0 Å². The van der Waals surface area contributed by atoms with E-state index in [2.05, 4.69) is 16.2 Å². The number of nitrogens with two attached hydrogens (primary N) is 1. The van der Waals surface area contributed by atoms with Gasteiger partial charge in [0.25, 0.3) is 0 Å². The Bertz CT molecular complexity index is 620. The number of aromatic nitrogens is 3. The molecule has 0 atom stereocenters. The summed E-state index contributed by atoms with van der Waals surface area (Å²) in [6, 6.07) is 5.78. The van der Waals surface area contributed by atoms with Crippen LogP contribution in [-0.4, -0.2) is 14.8 Å². The molecule has 0 unspecified atom stereocenters. The molecule has 0 bridgehead atoms. The summed E-state index contributed by atoms with van der Waals surface area (Å²) in [5.41, 5.74) is 8.39. The van der Waals surface area contributed by atoms with Crippen LogP contribution in [0.4, 0.5) is 5.82 Å². The summed E-state index contributed by atoms with van der Waals surface area (Å²) >= 11 is 0. The van der Waals surface area contributed by atoms with Crippen molar-refractivity contribution in [3.63, 3.8) is 0 Å². The number of rotatable bonds is 1. The zero-order valence-corrected chi connectivity index (χ0v) is 9.22. The lowest BCUT2D eigenvalue weighted by molar-refractivity contribution is 0.831. The van der Waals surface area contributed by atoms with Gasteiger partial charge in [-0.25, -0.2) is 9.67 Å². The molecule has 1 aliphatic carbocycles. The molecule has 3 rings (SSSR count). The fourth-order valence-electron chi connectivity index (χ4n) is 2.17. The van der Waals surface area contributed by atoms with Gasteiger partial charge in [-0.15, -0.1) is 5.10 Å². The first kappa shape index (κ1) is 9.85. The molecule has 0 saturated carbocycles. The molecule has 0 saturated heterocycles. The Morgan fingerprint density at radius 2 is 2.29 bits per heavy atom. The van der Waals surface area contributed by atoms with Crippen LogP contribution in [0.5, 0.6) is 0 Å². The molecule has 1 aliphatic rings. The van der Waals surface area contributed by atoms with Gasteiger partial charge in [0.2, 0.25) is 0 Å². The van der Waals surface area contributed by atoms with Crippen LogP contribution in [-0.2, 0) is 12.8 Å². The summed E-state index contributed by atoms with van der Waals surface area (Å²) in [7, 11) is 0. The third-order valence-corrected chi connectivity index (χ3v) is 2.98. The second-order valence-corrected chi connectivity index (χ2v) is 4.12. The van der Waals surface area contributed by atoms with Crippen molar-refractivity contribution in [2.75, 3.05) is 5.73 Å². The third kappa shape index (κ3) is 1.54. The molecular formula is C12H11N5. The van der Waals surface area contributed by atoms with Gasteiger partial charge in [0, 0.05) is 18.0 Å². The van der Waals surface area contributed by atoms with E-state index < -0.39 is 0 Å². The summed E-state index contributed by atoms with van der Waals surface area (Å²) in [6.07, 6.45) is 4.82. The smallest absolute Gasteiger partial charge is 0.171 e. The van der Waals surface area contributed by atoms with Crippen molar-refractivity contribution >= 4 is 5.82 Å². The quantitative estimate of drug-likeness (QED) is 0.791. The molecular weight excluding hydrogens is 214 g/mol. The Morgan fingerprint density at radius 3 is 3.00 bits per heavy atom. The number of fused-ring (bicyclic) bond motifs is 1. The number of hydrogen-bond donors (Lipinski definition) is 1. The first-order chi connectivity index (χ1) is 8.28. The van der Waals surface area contributed by atoms with E-state index in [1.165, 1.54) is 5.56 Å². The van der Waals surface area contributed by atoms with Crippen molar-refractivity contribution in [2.45, 2.75) is 19.3 Å². The topological polar surface area (TPSA) is 80.5 Å². The predicted octanol–water partition coefficient (Wildman–Crippen LogP) is 1.21. The monoisotopic (exact) mass is 225 g/mol. The Balaban J connectivity index is 2.19. The number of hydrogen-bond acceptors (Lipinski definition) is 4. The zero-order chi connectivity index (χ0) is 11.8. The van der Waals surface area contributed by atoms with Crippen LogP contribution in [0.3, 0.4) is 0 Å². The Morgan fingerprint density at radius 1 is 1.41 bits per heavy atom. The van der Waals surface area contributed by atoms with Crippen LogP contribution in [0, 0.1) is 11.3 Å². The average molecular weight is 225 g/mol. The highest BCUT2D eigenvalue weighted by Crippen LogP contribution is 2.24. The van der Waals surface area contributed by atoms with E-state index in [4.69, 9.17) is 11.0 Å². The van der Waals surface area contributed by atoms with E-state index in [9.17, 15) is 0 Å². The number of pyridine rings is 1. The van der Waals surface area contributed by atoms with Gasteiger partial charge in [-0.2, -0.15) is 5.26 Å². The van der Waals surface area contributed by atoms with Crippen molar-refractivity contribution in [3.05, 3.63) is 35.2 Å². The standard InChI is InChI=1S/C12H11N5/c13-7-9-6-8-2-1-3-10(8)15-12(9)17-5-4-11(14)16-17/h4-6H,1-3H2,(H2,14,16). The van der Waals surface area contributed by atoms with Crippen molar-refractivity contribution < 1.29 is 0 Å². The van der Waals surface area contributed by atoms with Gasteiger partial charge in [-0.3, -0.25) is 0 Å². The van der Waals surface area contributed by atoms with Gasteiger partial charge in [0.05, 0.1) is 5.56 Å². The number of anilines is 1. The molecule has 2 aromatic rings. The van der Waals surface area contributed by atoms with Crippen molar-refractivity contribution in [1.29, 1.82) is 5.26 Å². The molecule has 5 heteroatoms. The molecule has 0 radical (unpaired) electrons. The predicted molar refractivity (Wildman–Crippen MR) is 62.5 cm³/mol. The average Bonchev–Trinajstić information content (AvgIpc) is 2.94. The maximum atomic E-state index is 9.16. The Labute approximate surface area is 98.5 Å². The normalized spacial score (nSPS) is 13.4. The van der Waals surface area contributed by atoms with E-state index in [1.54, 1.807) is 16.9 Å². The number of nitrogens with zero attached hydrogens (tertiary/aromatic N) is 4. The lowest BCUT2D eigenvalue weighted by atomic mass is 10.1. The Kier molecular flexibility index (Phi) is 2.08. The maximum Gasteiger partial charge on any atom is 0.171 e. The van der Waals surface area contributed by atoms with E-state index in [-0.39, 0.29) is 0 Å². The summed E-state index contributed by atoms with van der Waals surface area (Å²) in [4.78, 5) is 4.53. The largest absolute Gasteiger partial charge is 0.382 e. The molecule has 0 amide bonds. The van der Waals surface area contributed by atoms with E-state index in [0.29, 0.717) is 17.2 Å². The molecule has 84 valence electrons. The van der Waals surface area contributed by atoms with Crippen LogP contribution in [0.1, 0.15) is 23.2 Å². The van der Waals surface area contributed by atoms with Gasteiger partial charge in [0.1, 0.15) is 11.9 Å². The SMILES string of the molecule is N#Cc1cc2c(nc1-n1ccc(N)n1)CCC2. The summed E-state index contributed by atoms with van der Waals surface area (Å²) in [5, 5.41) is 13.3. The van der Waals surface area contributed by atoms with Gasteiger partial charge in [-0.05, 0) is 30.9 Å². The van der Waals surface area contributed by atoms with Crippen LogP contribution in [0.15, 0.2) is 18.3 Å². The molecule has 2 aromatic heterocycles. The summed E-state index contributed by atoms with van der Waals surface area (Å²) in [6.45, 7) is 0. The highest BCUT2D eigenvalue weighted by atomic mass is 15.3. The molecule has 17 heavy (non-hydrogen) atoms. The third-order valence-electron chi connectivity index (χ3n) is 2.98. The molecule has 0 fully saturated rings. The van der Waals surface area contributed by atoms with Crippen LogP contribution < -0.4 is 5.73 Å². The van der Waals surface area contributed by atoms with Crippen molar-refractivity contribution in [1.82, 2.24) is 14.8 Å². The highest BCUT2D eigenvalue weighted by Gasteiger charge is 2.17. The fourth-order valence-corrected chi connectivity index (χ4v) is 2.17. The summed E-state index contributed by atoms with van der Waals surface area (Å²) in [5.74, 6) is 1.00. The highest BCUT2D eigenvalue weighted by molar-refractivity contribution is 5.48. The lowest BCUT2D eigenvalue weighted by Gasteiger charge is -2.06. The molecule has 0 aliphatic heterocycles. The van der Waals surface area contributed by atoms with E-state index in [0.717, 1.165) is 25.0 Å². The van der Waals surface area contributed by atoms with Crippen molar-refractivity contribution in [3.8, 4) is 11.9 Å². The number of nitriles is 1. The van der Waals surface area contributed by atoms with Crippen LogP contribution >= 0.6 is 0 Å². The van der Waals surface area contributed by atoms with E-state index >= 15 is 0 Å². The van der Waals surface area contributed by atoms with Crippen LogP contribution in [0.2, 0.25) is 0 Å². The van der Waals surface area contributed by atoms with Gasteiger partial charge in [0.15, 0.2) is 5.82 Å². The minimum atomic E-state index is 0.427. The molecule has 0 aromatic carbocycles. The first-order valence-corrected chi connectivity index (χ1v) is 5.52. The van der Waals surface area contributed by atoms with E-state index in [1.807, 2.05) is 6.07 Å². The molecule has 2 heterocycles. The second-order valence-electron chi connectivity index (χ2n) is 4.12. The van der Waals surface area contributed by atoms with Gasteiger partial charge < -0.3 is 5.73 Å². The second kappa shape index (κ2) is 3.59. The van der Waals surface area contributed by atoms with Gasteiger partial charge in [-0.1, -0.05) is 0 Å². The Hall–Kier alpha value is -2.35. The molecule has 5 nitrogen and oxygen atoms in total. The fraction of sp³-hybridized carbons (Fsp3) is 0.250. The maximum absolute atomic E-state index is 9.16. The van der Waals surface area contributed by atoms with Gasteiger partial charge >= 0.3 is 0 Å². The number of nitrogen functional groups attached to an aromatic ring is 1. The van der Waals surface area contributed by atoms with Crippen LogP contribution in [0.25, 0.3) is 5.82 Å². The number of aryl methyl sites for hydroxylation is 2. The molecule has 2 N–H and O–H groups in total. The minimum absolute atomic E-state index is 0.427.